The second kappa shape index (κ2) is 5.99. The Kier molecular flexibility index (Phi) is 4.12. The van der Waals surface area contributed by atoms with Crippen LogP contribution in [0.5, 0.6) is 5.75 Å². The average Bonchev–Trinajstić information content (AvgIpc) is 2.86. The van der Waals surface area contributed by atoms with E-state index < -0.39 is 0 Å². The summed E-state index contributed by atoms with van der Waals surface area (Å²) in [5.41, 5.74) is 0.997. The fourth-order valence-electron chi connectivity index (χ4n) is 1.62. The van der Waals surface area contributed by atoms with Gasteiger partial charge in [-0.2, -0.15) is 4.98 Å². The van der Waals surface area contributed by atoms with E-state index in [4.69, 9.17) is 5.11 Å². The molecule has 19 heavy (non-hydrogen) atoms. The minimum atomic E-state index is -0.130. The topological polar surface area (TPSA) is 90.9 Å². The first-order chi connectivity index (χ1) is 9.17. The number of phenolic OH excluding ortho intramolecular Hbond substituents is 1. The number of aromatic nitrogens is 3. The van der Waals surface area contributed by atoms with E-state index in [0.717, 1.165) is 17.8 Å². The molecule has 100 valence electrons. The highest BCUT2D eigenvalue weighted by atomic mass is 16.3. The molecule has 1 amide bonds. The van der Waals surface area contributed by atoms with E-state index in [9.17, 15) is 4.79 Å². The molecule has 1 heterocycles. The molecule has 0 saturated carbocycles. The number of benzene rings is 1. The Labute approximate surface area is 110 Å². The van der Waals surface area contributed by atoms with Crippen molar-refractivity contribution in [2.24, 2.45) is 0 Å². The molecule has 0 atom stereocenters. The summed E-state index contributed by atoms with van der Waals surface area (Å²) in [6.07, 6.45) is 1.70. The number of carbonyl (C=O) groups is 1. The number of nitrogens with one attached hydrogen (secondary N) is 2. The van der Waals surface area contributed by atoms with Crippen molar-refractivity contribution in [3.63, 3.8) is 0 Å². The van der Waals surface area contributed by atoms with Crippen LogP contribution in [0.1, 0.15) is 24.7 Å². The molecule has 0 aliphatic rings. The van der Waals surface area contributed by atoms with Crippen molar-refractivity contribution in [1.29, 1.82) is 0 Å². The maximum absolute atomic E-state index is 11.7. The van der Waals surface area contributed by atoms with Gasteiger partial charge in [0.05, 0.1) is 0 Å². The Bertz CT molecular complexity index is 548. The largest absolute Gasteiger partial charge is 0.508 e. The second-order valence-corrected chi connectivity index (χ2v) is 4.17. The van der Waals surface area contributed by atoms with Gasteiger partial charge in [0.15, 0.2) is 0 Å². The lowest BCUT2D eigenvalue weighted by Gasteiger charge is -2.02. The third-order valence-electron chi connectivity index (χ3n) is 2.69. The first kappa shape index (κ1) is 13.1. The van der Waals surface area contributed by atoms with Crippen molar-refractivity contribution in [2.75, 3.05) is 5.32 Å². The number of aromatic amines is 1. The lowest BCUT2D eigenvalue weighted by molar-refractivity contribution is -0.116. The Morgan fingerprint density at radius 2 is 2.11 bits per heavy atom. The first-order valence-corrected chi connectivity index (χ1v) is 6.16. The zero-order chi connectivity index (χ0) is 13.7. The molecule has 0 bridgehead atoms. The SMILES string of the molecule is CCc1nc(NC(=O)CCc2ccc(O)cc2)n[nH]1. The van der Waals surface area contributed by atoms with E-state index in [1.807, 2.05) is 6.92 Å². The molecule has 0 saturated heterocycles. The lowest BCUT2D eigenvalue weighted by Crippen LogP contribution is -2.13. The standard InChI is InChI=1S/C13H16N4O2/c1-2-11-14-13(17-16-11)15-12(19)8-5-9-3-6-10(18)7-4-9/h3-4,6-7,18H,2,5,8H2,1H3,(H2,14,15,16,17,19). The number of amides is 1. The van der Waals surface area contributed by atoms with Crippen LogP contribution in [-0.4, -0.2) is 26.2 Å². The van der Waals surface area contributed by atoms with Gasteiger partial charge in [-0.1, -0.05) is 19.1 Å². The number of carbonyl (C=O) groups excluding carboxylic acids is 1. The molecule has 3 N–H and O–H groups in total. The molecule has 0 fully saturated rings. The summed E-state index contributed by atoms with van der Waals surface area (Å²) in [7, 11) is 0. The van der Waals surface area contributed by atoms with E-state index in [2.05, 4.69) is 20.5 Å². The number of hydrogen-bond acceptors (Lipinski definition) is 4. The summed E-state index contributed by atoms with van der Waals surface area (Å²) in [5, 5.41) is 18.4. The maximum Gasteiger partial charge on any atom is 0.248 e. The highest BCUT2D eigenvalue weighted by molar-refractivity contribution is 5.88. The Balaban J connectivity index is 1.82. The number of nitrogens with zero attached hydrogens (tertiary/aromatic N) is 2. The van der Waals surface area contributed by atoms with E-state index in [0.29, 0.717) is 18.8 Å². The molecule has 1 aromatic carbocycles. The van der Waals surface area contributed by atoms with E-state index in [1.165, 1.54) is 0 Å². The van der Waals surface area contributed by atoms with Crippen LogP contribution >= 0.6 is 0 Å². The van der Waals surface area contributed by atoms with Gasteiger partial charge in [-0.05, 0) is 24.1 Å². The maximum atomic E-state index is 11.7. The molecule has 0 aliphatic carbocycles. The Morgan fingerprint density at radius 3 is 2.74 bits per heavy atom. The van der Waals surface area contributed by atoms with Gasteiger partial charge in [0.2, 0.25) is 11.9 Å². The molecule has 0 aliphatic heterocycles. The first-order valence-electron chi connectivity index (χ1n) is 6.16. The number of H-pyrrole nitrogens is 1. The highest BCUT2D eigenvalue weighted by Crippen LogP contribution is 2.11. The van der Waals surface area contributed by atoms with Gasteiger partial charge in [0, 0.05) is 12.8 Å². The van der Waals surface area contributed by atoms with Gasteiger partial charge in [-0.3, -0.25) is 15.2 Å². The van der Waals surface area contributed by atoms with Gasteiger partial charge < -0.3 is 5.11 Å². The van der Waals surface area contributed by atoms with Crippen LogP contribution in [0.15, 0.2) is 24.3 Å². The number of aryl methyl sites for hydroxylation is 2. The zero-order valence-electron chi connectivity index (χ0n) is 10.7. The second-order valence-electron chi connectivity index (χ2n) is 4.17. The predicted octanol–water partition coefficient (Wildman–Crippen LogP) is 1.64. The van der Waals surface area contributed by atoms with E-state index in [-0.39, 0.29) is 11.7 Å². The van der Waals surface area contributed by atoms with Gasteiger partial charge in [-0.25, -0.2) is 0 Å². The third kappa shape index (κ3) is 3.80. The highest BCUT2D eigenvalue weighted by Gasteiger charge is 2.07. The van der Waals surface area contributed by atoms with Crippen LogP contribution < -0.4 is 5.32 Å². The summed E-state index contributed by atoms with van der Waals surface area (Å²) in [4.78, 5) is 15.8. The lowest BCUT2D eigenvalue weighted by atomic mass is 10.1. The minimum Gasteiger partial charge on any atom is -0.508 e. The van der Waals surface area contributed by atoms with E-state index >= 15 is 0 Å². The molecule has 6 nitrogen and oxygen atoms in total. The summed E-state index contributed by atoms with van der Waals surface area (Å²) < 4.78 is 0. The fraction of sp³-hybridized carbons (Fsp3) is 0.308. The molecular formula is C13H16N4O2. The quantitative estimate of drug-likeness (QED) is 0.762. The van der Waals surface area contributed by atoms with Crippen molar-refractivity contribution in [1.82, 2.24) is 15.2 Å². The van der Waals surface area contributed by atoms with Crippen LogP contribution in [0, 0.1) is 0 Å². The van der Waals surface area contributed by atoms with Crippen molar-refractivity contribution in [3.05, 3.63) is 35.7 Å². The Hall–Kier alpha value is -2.37. The van der Waals surface area contributed by atoms with Gasteiger partial charge in [0.25, 0.3) is 0 Å². The summed E-state index contributed by atoms with van der Waals surface area (Å²) in [5.74, 6) is 1.15. The van der Waals surface area contributed by atoms with Crippen molar-refractivity contribution < 1.29 is 9.90 Å². The molecule has 2 aromatic rings. The Morgan fingerprint density at radius 1 is 1.37 bits per heavy atom. The van der Waals surface area contributed by atoms with Crippen LogP contribution in [0.3, 0.4) is 0 Å². The van der Waals surface area contributed by atoms with Crippen molar-refractivity contribution >= 4 is 11.9 Å². The molecule has 2 rings (SSSR count). The number of rotatable bonds is 5. The molecule has 1 aromatic heterocycles. The summed E-state index contributed by atoms with van der Waals surface area (Å²) >= 11 is 0. The predicted molar refractivity (Wildman–Crippen MR) is 70.8 cm³/mol. The summed E-state index contributed by atoms with van der Waals surface area (Å²) in [6.45, 7) is 1.96. The molecular weight excluding hydrogens is 244 g/mol. The van der Waals surface area contributed by atoms with Gasteiger partial charge in [-0.15, -0.1) is 5.10 Å². The average molecular weight is 260 g/mol. The fourth-order valence-corrected chi connectivity index (χ4v) is 1.62. The van der Waals surface area contributed by atoms with Crippen LogP contribution in [0.25, 0.3) is 0 Å². The molecule has 6 heteroatoms. The van der Waals surface area contributed by atoms with Crippen molar-refractivity contribution in [2.45, 2.75) is 26.2 Å². The number of anilines is 1. The third-order valence-corrected chi connectivity index (χ3v) is 2.69. The number of hydrogen-bond donors (Lipinski definition) is 3. The van der Waals surface area contributed by atoms with Gasteiger partial charge in [0.1, 0.15) is 11.6 Å². The molecule has 0 spiro atoms. The van der Waals surface area contributed by atoms with Crippen LogP contribution in [-0.2, 0) is 17.6 Å². The van der Waals surface area contributed by atoms with Gasteiger partial charge >= 0.3 is 0 Å². The number of aromatic hydroxyl groups is 1. The zero-order valence-corrected chi connectivity index (χ0v) is 10.7. The van der Waals surface area contributed by atoms with Crippen LogP contribution in [0.2, 0.25) is 0 Å². The van der Waals surface area contributed by atoms with Crippen LogP contribution in [0.4, 0.5) is 5.95 Å². The normalized spacial score (nSPS) is 10.4. The van der Waals surface area contributed by atoms with E-state index in [1.54, 1.807) is 24.3 Å². The summed E-state index contributed by atoms with van der Waals surface area (Å²) in [6, 6.07) is 6.81. The minimum absolute atomic E-state index is 0.130. The molecule has 0 radical (unpaired) electrons. The monoisotopic (exact) mass is 260 g/mol. The molecule has 0 unspecified atom stereocenters. The smallest absolute Gasteiger partial charge is 0.248 e. The number of phenols is 1. The van der Waals surface area contributed by atoms with Crippen molar-refractivity contribution in [3.8, 4) is 5.75 Å².